The molecule has 15 heteroatoms. The van der Waals surface area contributed by atoms with E-state index in [0.717, 1.165) is 59.1 Å². The normalized spacial score (nSPS) is 18.4. The predicted molar refractivity (Wildman–Crippen MR) is 203 cm³/mol. The highest BCUT2D eigenvalue weighted by Gasteiger charge is 2.39. The van der Waals surface area contributed by atoms with Gasteiger partial charge in [-0.3, -0.25) is 9.59 Å². The Morgan fingerprint density at radius 2 is 1.36 bits per heavy atom. The van der Waals surface area contributed by atoms with Crippen molar-refractivity contribution in [3.05, 3.63) is 71.4 Å². The number of hydrogen-bond acceptors (Lipinski definition) is 9. The maximum atomic E-state index is 13.6. The van der Waals surface area contributed by atoms with E-state index in [1.54, 1.807) is 22.9 Å². The van der Waals surface area contributed by atoms with Crippen LogP contribution in [0, 0.1) is 17.8 Å². The molecular weight excluding hydrogens is 704 g/mol. The van der Waals surface area contributed by atoms with E-state index < -0.39 is 30.4 Å². The molecule has 4 heterocycles. The minimum Gasteiger partial charge on any atom is -0.453 e. The van der Waals surface area contributed by atoms with Crippen LogP contribution in [0.2, 0.25) is 0 Å². The first-order chi connectivity index (χ1) is 26.5. The number of benzene rings is 2. The van der Waals surface area contributed by atoms with E-state index in [-0.39, 0.29) is 29.8 Å². The van der Waals surface area contributed by atoms with E-state index in [2.05, 4.69) is 37.4 Å². The molecule has 2 saturated heterocycles. The Morgan fingerprint density at radius 1 is 0.782 bits per heavy atom. The highest BCUT2D eigenvalue weighted by Crippen LogP contribution is 2.34. The first-order valence-corrected chi connectivity index (χ1v) is 18.5. The molecule has 55 heavy (non-hydrogen) atoms. The van der Waals surface area contributed by atoms with Crippen LogP contribution in [0.25, 0.3) is 22.3 Å². The van der Waals surface area contributed by atoms with Crippen molar-refractivity contribution in [2.24, 2.45) is 5.92 Å². The Kier molecular flexibility index (Phi) is 12.1. The minimum atomic E-state index is -0.905. The Hall–Kier alpha value is -5.88. The topological polar surface area (TPSA) is 184 Å². The number of H-pyrrole nitrogens is 2. The number of rotatable bonds is 10. The Balaban J connectivity index is 1.12. The zero-order valence-electron chi connectivity index (χ0n) is 32.0. The second-order valence-corrected chi connectivity index (χ2v) is 14.2. The van der Waals surface area contributed by atoms with Gasteiger partial charge in [0.1, 0.15) is 23.7 Å². The number of fused-ring (bicyclic) bond motifs is 1. The number of nitrogens with zero attached hydrogens (tertiary/aromatic N) is 4. The van der Waals surface area contributed by atoms with Crippen molar-refractivity contribution in [2.75, 3.05) is 34.4 Å². The zero-order valence-corrected chi connectivity index (χ0v) is 32.0. The van der Waals surface area contributed by atoms with E-state index >= 15 is 0 Å². The first kappa shape index (κ1) is 38.8. The van der Waals surface area contributed by atoms with E-state index in [4.69, 9.17) is 19.2 Å². The number of aromatic amines is 2. The quantitative estimate of drug-likeness (QED) is 0.165. The van der Waals surface area contributed by atoms with Crippen molar-refractivity contribution in [1.82, 2.24) is 40.4 Å². The summed E-state index contributed by atoms with van der Waals surface area (Å²) < 4.78 is 14.9. The molecule has 2 aromatic heterocycles. The van der Waals surface area contributed by atoms with Crippen molar-refractivity contribution >= 4 is 35.0 Å². The van der Waals surface area contributed by atoms with Gasteiger partial charge in [0, 0.05) is 31.3 Å². The molecule has 15 nitrogen and oxygen atoms in total. The van der Waals surface area contributed by atoms with Crippen LogP contribution in [0.5, 0.6) is 0 Å². The van der Waals surface area contributed by atoms with E-state index in [9.17, 15) is 19.2 Å². The molecule has 2 aromatic carbocycles. The summed E-state index contributed by atoms with van der Waals surface area (Å²) in [5.41, 5.74) is 4.97. The second-order valence-electron chi connectivity index (χ2n) is 14.2. The lowest BCUT2D eigenvalue weighted by Crippen LogP contribution is -2.54. The number of aromatic nitrogens is 4. The SMILES string of the molecule is COC(=O)N[C@H](C(=O)N1CCC[C@H]1c1ncc(-c2ccc(C#Cc3ccc4nc([C@@H]5CCCN5C(=O)[C@@H](NC(=O)OC)[C@@H](C)OC)[nH]c4c3)cc2)[nH]1)C(C)C. The number of ether oxygens (including phenoxy) is 3. The zero-order chi connectivity index (χ0) is 39.2. The van der Waals surface area contributed by atoms with Crippen LogP contribution >= 0.6 is 0 Å². The molecule has 6 rings (SSSR count). The summed E-state index contributed by atoms with van der Waals surface area (Å²) in [5, 5.41) is 5.30. The number of nitrogens with one attached hydrogen (secondary N) is 4. The van der Waals surface area contributed by atoms with Gasteiger partial charge in [-0.15, -0.1) is 0 Å². The van der Waals surface area contributed by atoms with Crippen LogP contribution in [0.15, 0.2) is 48.7 Å². The van der Waals surface area contributed by atoms with E-state index in [1.165, 1.54) is 21.3 Å². The molecule has 2 aliphatic rings. The highest BCUT2D eigenvalue weighted by molar-refractivity contribution is 5.87. The molecule has 0 aliphatic carbocycles. The maximum absolute atomic E-state index is 13.6. The molecule has 2 aliphatic heterocycles. The van der Waals surface area contributed by atoms with E-state index in [0.29, 0.717) is 24.7 Å². The number of amides is 4. The molecule has 5 atom stereocenters. The number of hydrogen-bond donors (Lipinski definition) is 4. The molecular formula is C40H48N8O7. The number of methoxy groups -OCH3 is 3. The largest absolute Gasteiger partial charge is 0.453 e. The number of carbonyl (C=O) groups excluding carboxylic acids is 4. The molecule has 0 radical (unpaired) electrons. The van der Waals surface area contributed by atoms with Crippen LogP contribution in [-0.4, -0.2) is 106 Å². The molecule has 0 unspecified atom stereocenters. The average molecular weight is 753 g/mol. The third kappa shape index (κ3) is 8.60. The molecule has 0 spiro atoms. The smallest absolute Gasteiger partial charge is 0.407 e. The van der Waals surface area contributed by atoms with Gasteiger partial charge in [0.25, 0.3) is 0 Å². The summed E-state index contributed by atoms with van der Waals surface area (Å²) in [6.07, 6.45) is 3.02. The fourth-order valence-electron chi connectivity index (χ4n) is 7.18. The van der Waals surface area contributed by atoms with Crippen LogP contribution in [0.3, 0.4) is 0 Å². The fraction of sp³-hybridized carbons (Fsp3) is 0.450. The van der Waals surface area contributed by atoms with Crippen LogP contribution in [0.1, 0.15) is 81.3 Å². The summed E-state index contributed by atoms with van der Waals surface area (Å²) in [7, 11) is 4.03. The number of carbonyl (C=O) groups is 4. The van der Waals surface area contributed by atoms with Crippen molar-refractivity contribution in [3.8, 4) is 23.1 Å². The maximum Gasteiger partial charge on any atom is 0.407 e. The predicted octanol–water partition coefficient (Wildman–Crippen LogP) is 4.82. The van der Waals surface area contributed by atoms with Gasteiger partial charge in [-0.25, -0.2) is 19.6 Å². The number of imidazole rings is 2. The van der Waals surface area contributed by atoms with Crippen molar-refractivity contribution < 1.29 is 33.4 Å². The van der Waals surface area contributed by atoms with Gasteiger partial charge in [0.05, 0.1) is 55.3 Å². The van der Waals surface area contributed by atoms with Crippen molar-refractivity contribution in [2.45, 2.75) is 76.7 Å². The number of alkyl carbamates (subject to hydrolysis) is 2. The Labute approximate surface area is 319 Å². The molecule has 4 N–H and O–H groups in total. The van der Waals surface area contributed by atoms with Gasteiger partial charge < -0.3 is 44.6 Å². The van der Waals surface area contributed by atoms with E-state index in [1.807, 2.05) is 56.3 Å². The standard InChI is InChI=1S/C40H48N8O7/c1-23(2)33(45-39(51)54-5)37(49)47-19-7-9-31(47)35-41-22-30(44-35)27-16-13-25(14-17-27)11-12-26-15-18-28-29(21-26)43-36(42-28)32-10-8-20-48(32)38(50)34(24(3)53-4)46-40(52)55-6/h13-18,21-24,31-34H,7-10,19-20H2,1-6H3,(H,41,44)(H,42,43)(H,45,51)(H,46,52)/t24-,31+,32+,33+,34+/m1/s1. The highest BCUT2D eigenvalue weighted by atomic mass is 16.5. The van der Waals surface area contributed by atoms with Gasteiger partial charge in [-0.1, -0.05) is 37.8 Å². The monoisotopic (exact) mass is 752 g/mol. The van der Waals surface area contributed by atoms with Crippen LogP contribution < -0.4 is 10.6 Å². The third-order valence-electron chi connectivity index (χ3n) is 10.3. The molecule has 0 saturated carbocycles. The average Bonchev–Trinajstić information content (AvgIpc) is 4.03. The molecule has 4 amide bonds. The summed E-state index contributed by atoms with van der Waals surface area (Å²) in [6.45, 7) is 6.63. The molecule has 0 bridgehead atoms. The summed E-state index contributed by atoms with van der Waals surface area (Å²) in [5.74, 6) is 7.34. The Bertz CT molecular complexity index is 2080. The summed E-state index contributed by atoms with van der Waals surface area (Å²) in [6, 6.07) is 11.5. The molecule has 290 valence electrons. The van der Waals surface area contributed by atoms with Crippen molar-refractivity contribution in [3.63, 3.8) is 0 Å². The minimum absolute atomic E-state index is 0.112. The lowest BCUT2D eigenvalue weighted by atomic mass is 10.0. The second kappa shape index (κ2) is 17.1. The first-order valence-electron chi connectivity index (χ1n) is 18.5. The van der Waals surface area contributed by atoms with Gasteiger partial charge in [-0.05, 0) is 74.4 Å². The molecule has 2 fully saturated rings. The molecule has 4 aromatic rings. The van der Waals surface area contributed by atoms with Gasteiger partial charge in [-0.2, -0.15) is 0 Å². The fourth-order valence-corrected chi connectivity index (χ4v) is 7.18. The summed E-state index contributed by atoms with van der Waals surface area (Å²) >= 11 is 0. The number of likely N-dealkylation sites (tertiary alicyclic amines) is 2. The van der Waals surface area contributed by atoms with Gasteiger partial charge in [0.15, 0.2) is 0 Å². The van der Waals surface area contributed by atoms with Crippen LogP contribution in [0.4, 0.5) is 9.59 Å². The van der Waals surface area contributed by atoms with Crippen molar-refractivity contribution in [1.29, 1.82) is 0 Å². The van der Waals surface area contributed by atoms with Crippen LogP contribution in [-0.2, 0) is 23.8 Å². The summed E-state index contributed by atoms with van der Waals surface area (Å²) in [4.78, 5) is 70.8. The lowest BCUT2D eigenvalue weighted by molar-refractivity contribution is -0.137. The Morgan fingerprint density at radius 3 is 1.98 bits per heavy atom. The van der Waals surface area contributed by atoms with Gasteiger partial charge >= 0.3 is 12.2 Å². The lowest BCUT2D eigenvalue weighted by Gasteiger charge is -2.30. The third-order valence-corrected chi connectivity index (χ3v) is 10.3. The van der Waals surface area contributed by atoms with Gasteiger partial charge in [0.2, 0.25) is 11.8 Å².